The third-order valence-corrected chi connectivity index (χ3v) is 2.11. The molecule has 2 nitrogen and oxygen atoms in total. The minimum absolute atomic E-state index is 0.729. The molecule has 1 aliphatic rings. The van der Waals surface area contributed by atoms with Crippen LogP contribution in [-0.2, 0) is 4.79 Å². The normalized spacial score (nSPS) is 19.3. The van der Waals surface area contributed by atoms with Gasteiger partial charge in [-0.15, -0.1) is 6.58 Å². The zero-order valence-electron chi connectivity index (χ0n) is 6.83. The van der Waals surface area contributed by atoms with Gasteiger partial charge in [0.15, 0.2) is 0 Å². The van der Waals surface area contributed by atoms with Crippen molar-refractivity contribution >= 4 is 6.29 Å². The van der Waals surface area contributed by atoms with Gasteiger partial charge in [0.1, 0.15) is 6.29 Å². The van der Waals surface area contributed by atoms with Crippen molar-refractivity contribution in [3.8, 4) is 0 Å². The van der Waals surface area contributed by atoms with Crippen LogP contribution in [0.2, 0.25) is 0 Å². The SMILES string of the molecule is C=CCN1CC(CCC=O)C1. The van der Waals surface area contributed by atoms with Crippen LogP contribution in [0, 0.1) is 5.92 Å². The van der Waals surface area contributed by atoms with Crippen molar-refractivity contribution in [2.75, 3.05) is 19.6 Å². The first-order valence-corrected chi connectivity index (χ1v) is 4.13. The lowest BCUT2D eigenvalue weighted by atomic mass is 9.95. The molecule has 0 unspecified atom stereocenters. The maximum Gasteiger partial charge on any atom is 0.120 e. The van der Waals surface area contributed by atoms with Gasteiger partial charge < -0.3 is 4.79 Å². The van der Waals surface area contributed by atoms with Crippen LogP contribution >= 0.6 is 0 Å². The number of rotatable bonds is 5. The van der Waals surface area contributed by atoms with Gasteiger partial charge in [0.25, 0.3) is 0 Å². The van der Waals surface area contributed by atoms with Gasteiger partial charge in [-0.2, -0.15) is 0 Å². The first kappa shape index (κ1) is 8.47. The molecule has 0 atom stereocenters. The Hall–Kier alpha value is -0.630. The number of hydrogen-bond acceptors (Lipinski definition) is 2. The summed E-state index contributed by atoms with van der Waals surface area (Å²) in [7, 11) is 0. The zero-order chi connectivity index (χ0) is 8.10. The fraction of sp³-hybridized carbons (Fsp3) is 0.667. The van der Waals surface area contributed by atoms with Crippen LogP contribution in [0.25, 0.3) is 0 Å². The summed E-state index contributed by atoms with van der Waals surface area (Å²) >= 11 is 0. The van der Waals surface area contributed by atoms with Crippen molar-refractivity contribution in [2.24, 2.45) is 5.92 Å². The van der Waals surface area contributed by atoms with Crippen LogP contribution in [0.4, 0.5) is 0 Å². The van der Waals surface area contributed by atoms with Crippen molar-refractivity contribution in [3.05, 3.63) is 12.7 Å². The highest BCUT2D eigenvalue weighted by Crippen LogP contribution is 2.19. The van der Waals surface area contributed by atoms with E-state index in [9.17, 15) is 4.79 Å². The van der Waals surface area contributed by atoms with Crippen molar-refractivity contribution in [1.29, 1.82) is 0 Å². The number of carbonyl (C=O) groups excluding carboxylic acids is 1. The molecule has 11 heavy (non-hydrogen) atoms. The summed E-state index contributed by atoms with van der Waals surface area (Å²) in [6.07, 6.45) is 4.73. The van der Waals surface area contributed by atoms with Crippen LogP contribution in [0.15, 0.2) is 12.7 Å². The minimum Gasteiger partial charge on any atom is -0.303 e. The van der Waals surface area contributed by atoms with Crippen LogP contribution in [0.3, 0.4) is 0 Å². The first-order valence-electron chi connectivity index (χ1n) is 4.13. The minimum atomic E-state index is 0.729. The van der Waals surface area contributed by atoms with Crippen LogP contribution < -0.4 is 0 Å². The van der Waals surface area contributed by atoms with Crippen molar-refractivity contribution in [3.63, 3.8) is 0 Å². The van der Waals surface area contributed by atoms with Crippen LogP contribution in [-0.4, -0.2) is 30.8 Å². The van der Waals surface area contributed by atoms with Gasteiger partial charge in [-0.3, -0.25) is 4.90 Å². The third-order valence-electron chi connectivity index (χ3n) is 2.11. The second-order valence-electron chi connectivity index (χ2n) is 3.12. The quantitative estimate of drug-likeness (QED) is 0.435. The molecule has 0 N–H and O–H groups in total. The van der Waals surface area contributed by atoms with E-state index in [1.54, 1.807) is 0 Å². The molecule has 1 fully saturated rings. The maximum atomic E-state index is 10.0. The van der Waals surface area contributed by atoms with E-state index in [2.05, 4.69) is 11.5 Å². The average molecular weight is 153 g/mol. The maximum absolute atomic E-state index is 10.0. The molecule has 1 rings (SSSR count). The largest absolute Gasteiger partial charge is 0.303 e. The molecular weight excluding hydrogens is 138 g/mol. The predicted molar refractivity (Wildman–Crippen MR) is 45.4 cm³/mol. The van der Waals surface area contributed by atoms with E-state index in [1.807, 2.05) is 6.08 Å². The smallest absolute Gasteiger partial charge is 0.120 e. The molecular formula is C9H15NO. The van der Waals surface area contributed by atoms with Crippen molar-refractivity contribution < 1.29 is 4.79 Å². The summed E-state index contributed by atoms with van der Waals surface area (Å²) in [6, 6.07) is 0. The van der Waals surface area contributed by atoms with Gasteiger partial charge >= 0.3 is 0 Å². The van der Waals surface area contributed by atoms with E-state index in [4.69, 9.17) is 0 Å². The topological polar surface area (TPSA) is 20.3 Å². The van der Waals surface area contributed by atoms with Gasteiger partial charge in [0, 0.05) is 26.1 Å². The molecule has 0 aromatic rings. The molecule has 1 aliphatic heterocycles. The molecule has 0 saturated carbocycles. The molecule has 62 valence electrons. The van der Waals surface area contributed by atoms with E-state index >= 15 is 0 Å². The Morgan fingerprint density at radius 2 is 2.27 bits per heavy atom. The molecule has 0 radical (unpaired) electrons. The van der Waals surface area contributed by atoms with Crippen LogP contribution in [0.5, 0.6) is 0 Å². The van der Waals surface area contributed by atoms with Crippen LogP contribution in [0.1, 0.15) is 12.8 Å². The zero-order valence-corrected chi connectivity index (χ0v) is 6.83. The molecule has 1 saturated heterocycles. The molecule has 0 amide bonds. The lowest BCUT2D eigenvalue weighted by molar-refractivity contribution is -0.108. The highest BCUT2D eigenvalue weighted by molar-refractivity contribution is 5.49. The highest BCUT2D eigenvalue weighted by Gasteiger charge is 2.24. The predicted octanol–water partition coefficient (Wildman–Crippen LogP) is 1.08. The van der Waals surface area contributed by atoms with Gasteiger partial charge in [-0.25, -0.2) is 0 Å². The third kappa shape index (κ3) is 2.46. The number of aldehydes is 1. The average Bonchev–Trinajstić information content (AvgIpc) is 1.94. The Bertz CT molecular complexity index is 138. The Morgan fingerprint density at radius 1 is 1.55 bits per heavy atom. The van der Waals surface area contributed by atoms with E-state index in [1.165, 1.54) is 0 Å². The Kier molecular flexibility index (Phi) is 3.30. The Labute approximate surface area is 67.9 Å². The molecule has 0 spiro atoms. The lowest BCUT2D eigenvalue weighted by Crippen LogP contribution is -2.46. The fourth-order valence-electron chi connectivity index (χ4n) is 1.49. The van der Waals surface area contributed by atoms with E-state index in [-0.39, 0.29) is 0 Å². The summed E-state index contributed by atoms with van der Waals surface area (Å²) in [6.45, 7) is 6.97. The summed E-state index contributed by atoms with van der Waals surface area (Å²) < 4.78 is 0. The highest BCUT2D eigenvalue weighted by atomic mass is 16.1. The number of hydrogen-bond donors (Lipinski definition) is 0. The molecule has 0 aromatic heterocycles. The molecule has 0 bridgehead atoms. The summed E-state index contributed by atoms with van der Waals surface area (Å²) in [4.78, 5) is 12.4. The van der Waals surface area contributed by atoms with E-state index < -0.39 is 0 Å². The fourth-order valence-corrected chi connectivity index (χ4v) is 1.49. The molecule has 0 aliphatic carbocycles. The molecule has 1 heterocycles. The molecule has 0 aromatic carbocycles. The second kappa shape index (κ2) is 4.29. The van der Waals surface area contributed by atoms with Gasteiger partial charge in [-0.05, 0) is 12.3 Å². The van der Waals surface area contributed by atoms with Gasteiger partial charge in [-0.1, -0.05) is 6.08 Å². The monoisotopic (exact) mass is 153 g/mol. The second-order valence-corrected chi connectivity index (χ2v) is 3.12. The lowest BCUT2D eigenvalue weighted by Gasteiger charge is -2.38. The number of carbonyl (C=O) groups is 1. The van der Waals surface area contributed by atoms with E-state index in [0.29, 0.717) is 0 Å². The molecule has 2 heteroatoms. The van der Waals surface area contributed by atoms with Gasteiger partial charge in [0.2, 0.25) is 0 Å². The van der Waals surface area contributed by atoms with Crippen molar-refractivity contribution in [2.45, 2.75) is 12.8 Å². The summed E-state index contributed by atoms with van der Waals surface area (Å²) in [5, 5.41) is 0. The number of likely N-dealkylation sites (tertiary alicyclic amines) is 1. The summed E-state index contributed by atoms with van der Waals surface area (Å²) in [5.41, 5.74) is 0. The van der Waals surface area contributed by atoms with Crippen molar-refractivity contribution in [1.82, 2.24) is 4.90 Å². The van der Waals surface area contributed by atoms with Gasteiger partial charge in [0.05, 0.1) is 0 Å². The number of nitrogens with zero attached hydrogens (tertiary/aromatic N) is 1. The Balaban J connectivity index is 1.99. The summed E-state index contributed by atoms with van der Waals surface area (Å²) in [5.74, 6) is 0.764. The van der Waals surface area contributed by atoms with E-state index in [0.717, 1.165) is 44.7 Å². The first-order chi connectivity index (χ1) is 5.36. The standard InChI is InChI=1S/C9H15NO/c1-2-5-10-7-9(8-10)4-3-6-11/h2,6,9H,1,3-5,7-8H2. The Morgan fingerprint density at radius 3 is 2.82 bits per heavy atom.